The van der Waals surface area contributed by atoms with Gasteiger partial charge in [-0.1, -0.05) is 18.2 Å². The first-order valence-electron chi connectivity index (χ1n) is 10.6. The topological polar surface area (TPSA) is 69.6 Å². The summed E-state index contributed by atoms with van der Waals surface area (Å²) >= 11 is 0. The second-order valence-corrected chi connectivity index (χ2v) is 8.01. The van der Waals surface area contributed by atoms with Crippen molar-refractivity contribution in [2.24, 2.45) is 7.05 Å². The van der Waals surface area contributed by atoms with Gasteiger partial charge in [-0.3, -0.25) is 14.3 Å². The number of morpholine rings is 1. The first-order chi connectivity index (χ1) is 14.7. The van der Waals surface area contributed by atoms with Crippen LogP contribution in [0, 0.1) is 0 Å². The average molecular weight is 409 g/mol. The fourth-order valence-electron chi connectivity index (χ4n) is 4.39. The van der Waals surface area contributed by atoms with Crippen LogP contribution in [0.1, 0.15) is 5.56 Å². The van der Waals surface area contributed by atoms with Crippen LogP contribution in [0.3, 0.4) is 0 Å². The number of nitrogens with one attached hydrogen (secondary N) is 1. The molecular formula is C22H28N6O2. The van der Waals surface area contributed by atoms with Crippen LogP contribution in [-0.4, -0.2) is 71.9 Å². The van der Waals surface area contributed by atoms with Gasteiger partial charge in [0.15, 0.2) is 0 Å². The molecule has 0 spiro atoms. The smallest absolute Gasteiger partial charge is 0.278 e. The number of anilines is 2. The number of benzene rings is 1. The molecule has 0 aliphatic carbocycles. The first kappa shape index (κ1) is 19.1. The Morgan fingerprint density at radius 3 is 2.47 bits per heavy atom. The van der Waals surface area contributed by atoms with Gasteiger partial charge in [0.05, 0.1) is 13.2 Å². The highest BCUT2D eigenvalue weighted by Crippen LogP contribution is 2.21. The van der Waals surface area contributed by atoms with Gasteiger partial charge in [0.25, 0.3) is 5.56 Å². The van der Waals surface area contributed by atoms with Gasteiger partial charge in [0.1, 0.15) is 11.0 Å². The Hall–Kier alpha value is -2.84. The van der Waals surface area contributed by atoms with Crippen LogP contribution in [0.15, 0.2) is 41.3 Å². The van der Waals surface area contributed by atoms with Crippen molar-refractivity contribution in [2.45, 2.75) is 6.54 Å². The van der Waals surface area contributed by atoms with Crippen LogP contribution in [0.5, 0.6) is 0 Å². The average Bonchev–Trinajstić information content (AvgIpc) is 3.20. The number of hydrogen-bond donors (Lipinski definition) is 1. The van der Waals surface area contributed by atoms with Crippen LogP contribution < -0.4 is 15.4 Å². The Morgan fingerprint density at radius 2 is 1.73 bits per heavy atom. The zero-order valence-electron chi connectivity index (χ0n) is 17.4. The standard InChI is InChI=1S/C22H28N6O2/c1-25-21(29)20-19(24-22(25)28-11-13-30-14-12-28)17(15-23-20)16-26-7-9-27(10-8-26)18-5-3-2-4-6-18/h2-6,15,23H,7-14,16H2,1H3. The molecule has 0 amide bonds. The molecule has 0 bridgehead atoms. The minimum Gasteiger partial charge on any atom is -0.378 e. The monoisotopic (exact) mass is 408 g/mol. The predicted molar refractivity (Wildman–Crippen MR) is 118 cm³/mol. The van der Waals surface area contributed by atoms with Crippen LogP contribution in [0.25, 0.3) is 11.0 Å². The van der Waals surface area contributed by atoms with Crippen molar-refractivity contribution in [3.05, 3.63) is 52.4 Å². The third-order valence-corrected chi connectivity index (χ3v) is 6.14. The van der Waals surface area contributed by atoms with Crippen molar-refractivity contribution in [1.82, 2.24) is 19.4 Å². The third-order valence-electron chi connectivity index (χ3n) is 6.14. The van der Waals surface area contributed by atoms with Crippen LogP contribution in [0.4, 0.5) is 11.6 Å². The molecule has 2 aromatic heterocycles. The normalized spacial score (nSPS) is 18.3. The summed E-state index contributed by atoms with van der Waals surface area (Å²) in [6, 6.07) is 10.6. The quantitative estimate of drug-likeness (QED) is 0.704. The van der Waals surface area contributed by atoms with E-state index in [1.807, 2.05) is 6.20 Å². The summed E-state index contributed by atoms with van der Waals surface area (Å²) in [4.78, 5) is 28.0. The van der Waals surface area contributed by atoms with Gasteiger partial charge in [-0.15, -0.1) is 0 Å². The van der Waals surface area contributed by atoms with E-state index in [1.54, 1.807) is 11.6 Å². The summed E-state index contributed by atoms with van der Waals surface area (Å²) in [6.45, 7) is 7.62. The van der Waals surface area contributed by atoms with Crippen molar-refractivity contribution in [3.8, 4) is 0 Å². The van der Waals surface area contributed by atoms with E-state index in [-0.39, 0.29) is 5.56 Å². The molecule has 0 radical (unpaired) electrons. The van der Waals surface area contributed by atoms with Gasteiger partial charge in [0.2, 0.25) is 5.95 Å². The van der Waals surface area contributed by atoms with E-state index in [9.17, 15) is 4.79 Å². The van der Waals surface area contributed by atoms with Crippen molar-refractivity contribution in [2.75, 3.05) is 62.3 Å². The maximum Gasteiger partial charge on any atom is 0.278 e. The lowest BCUT2D eigenvalue weighted by Gasteiger charge is -2.36. The van der Waals surface area contributed by atoms with Gasteiger partial charge < -0.3 is 19.5 Å². The molecule has 1 aromatic carbocycles. The molecule has 0 atom stereocenters. The van der Waals surface area contributed by atoms with Gasteiger partial charge in [-0.25, -0.2) is 4.98 Å². The molecule has 0 saturated carbocycles. The highest BCUT2D eigenvalue weighted by molar-refractivity contribution is 5.79. The Morgan fingerprint density at radius 1 is 1.00 bits per heavy atom. The number of aromatic amines is 1. The number of piperazine rings is 1. The zero-order chi connectivity index (χ0) is 20.5. The summed E-state index contributed by atoms with van der Waals surface area (Å²) in [5.74, 6) is 0.727. The maximum absolute atomic E-state index is 12.9. The number of fused-ring (bicyclic) bond motifs is 1. The molecule has 2 aliphatic rings. The molecule has 5 rings (SSSR count). The Labute approximate surface area is 175 Å². The largest absolute Gasteiger partial charge is 0.378 e. The van der Waals surface area contributed by atoms with Crippen LogP contribution >= 0.6 is 0 Å². The molecule has 30 heavy (non-hydrogen) atoms. The molecule has 3 aromatic rings. The van der Waals surface area contributed by atoms with Crippen molar-refractivity contribution < 1.29 is 4.74 Å². The lowest BCUT2D eigenvalue weighted by molar-refractivity contribution is 0.121. The van der Waals surface area contributed by atoms with E-state index in [4.69, 9.17) is 9.72 Å². The van der Waals surface area contributed by atoms with Gasteiger partial charge in [0, 0.05) is 70.3 Å². The number of ether oxygens (including phenoxy) is 1. The Kier molecular flexibility index (Phi) is 5.18. The van der Waals surface area contributed by atoms with Gasteiger partial charge in [-0.2, -0.15) is 0 Å². The lowest BCUT2D eigenvalue weighted by atomic mass is 10.2. The maximum atomic E-state index is 12.9. The molecule has 2 saturated heterocycles. The van der Waals surface area contributed by atoms with E-state index in [0.717, 1.165) is 62.8 Å². The summed E-state index contributed by atoms with van der Waals surface area (Å²) in [7, 11) is 1.79. The van der Waals surface area contributed by atoms with Crippen molar-refractivity contribution >= 4 is 22.7 Å². The van der Waals surface area contributed by atoms with Crippen molar-refractivity contribution in [1.29, 1.82) is 0 Å². The van der Waals surface area contributed by atoms with Gasteiger partial charge >= 0.3 is 0 Å². The minimum absolute atomic E-state index is 0.0263. The highest BCUT2D eigenvalue weighted by Gasteiger charge is 2.22. The lowest BCUT2D eigenvalue weighted by Crippen LogP contribution is -2.46. The predicted octanol–water partition coefficient (Wildman–Crippen LogP) is 1.42. The van der Waals surface area contributed by atoms with Crippen molar-refractivity contribution in [3.63, 3.8) is 0 Å². The third kappa shape index (κ3) is 3.57. The SMILES string of the molecule is Cn1c(N2CCOCC2)nc2c(CN3CCN(c4ccccc4)CC3)c[nH]c2c1=O. The zero-order valence-corrected chi connectivity index (χ0v) is 17.4. The number of rotatable bonds is 4. The number of H-pyrrole nitrogens is 1. The van der Waals surface area contributed by atoms with E-state index in [1.165, 1.54) is 5.69 Å². The Bertz CT molecular complexity index is 1060. The second-order valence-electron chi connectivity index (χ2n) is 8.01. The minimum atomic E-state index is -0.0263. The molecule has 8 nitrogen and oxygen atoms in total. The highest BCUT2D eigenvalue weighted by atomic mass is 16.5. The molecule has 2 fully saturated rings. The van der Waals surface area contributed by atoms with Gasteiger partial charge in [-0.05, 0) is 12.1 Å². The van der Waals surface area contributed by atoms with E-state index in [2.05, 4.69) is 50.0 Å². The fourth-order valence-corrected chi connectivity index (χ4v) is 4.39. The summed E-state index contributed by atoms with van der Waals surface area (Å²) in [6.07, 6.45) is 1.95. The molecule has 158 valence electrons. The molecule has 8 heteroatoms. The molecule has 4 heterocycles. The fraction of sp³-hybridized carbons (Fsp3) is 0.455. The molecule has 0 unspecified atom stereocenters. The summed E-state index contributed by atoms with van der Waals surface area (Å²) in [5.41, 5.74) is 3.73. The van der Waals surface area contributed by atoms with E-state index < -0.39 is 0 Å². The number of aromatic nitrogens is 3. The number of hydrogen-bond acceptors (Lipinski definition) is 6. The van der Waals surface area contributed by atoms with E-state index >= 15 is 0 Å². The van der Waals surface area contributed by atoms with Crippen LogP contribution in [-0.2, 0) is 18.3 Å². The van der Waals surface area contributed by atoms with E-state index in [0.29, 0.717) is 18.7 Å². The molecular weight excluding hydrogens is 380 g/mol. The number of nitrogens with zero attached hydrogens (tertiary/aromatic N) is 5. The Balaban J connectivity index is 1.35. The second kappa shape index (κ2) is 8.12. The number of para-hydroxylation sites is 1. The summed E-state index contributed by atoms with van der Waals surface area (Å²) in [5, 5.41) is 0. The summed E-state index contributed by atoms with van der Waals surface area (Å²) < 4.78 is 7.10. The molecule has 2 aliphatic heterocycles. The first-order valence-corrected chi connectivity index (χ1v) is 10.6. The molecule has 1 N–H and O–H groups in total. The van der Waals surface area contributed by atoms with Crippen LogP contribution in [0.2, 0.25) is 0 Å².